The molecule has 0 N–H and O–H groups in total. The predicted octanol–water partition coefficient (Wildman–Crippen LogP) is 14.6. The molecule has 0 aliphatic rings. The van der Waals surface area contributed by atoms with E-state index in [9.17, 15) is 16.4 Å². The Morgan fingerprint density at radius 3 is 1.55 bits per heavy atom. The van der Waals surface area contributed by atoms with Gasteiger partial charge in [-0.05, 0) is 63.6 Å². The smallest absolute Gasteiger partial charge is 0.165 e. The number of aromatic nitrogens is 3. The molecule has 0 fully saturated rings. The summed E-state index contributed by atoms with van der Waals surface area (Å²) in [6.07, 6.45) is 0. The van der Waals surface area contributed by atoms with Crippen LogP contribution in [0.5, 0.6) is 0 Å². The van der Waals surface area contributed by atoms with Crippen molar-refractivity contribution >= 4 is 63.0 Å². The fraction of sp³-hybridized carbons (Fsp3) is 0. The zero-order valence-corrected chi connectivity index (χ0v) is 29.3. The molecule has 8 aromatic carbocycles. The number of thiophene rings is 2. The van der Waals surface area contributed by atoms with Gasteiger partial charge >= 0.3 is 0 Å². The highest BCUT2D eigenvalue weighted by atomic mass is 32.1. The molecule has 56 heavy (non-hydrogen) atoms. The predicted molar refractivity (Wildman–Crippen MR) is 238 cm³/mol. The topological polar surface area (TPSA) is 38.7 Å². The second-order valence-corrected chi connectivity index (χ2v) is 13.6. The molecule has 0 saturated heterocycles. The molecule has 0 aliphatic heterocycles. The average Bonchev–Trinajstić information content (AvgIpc) is 2.14. The molecule has 0 spiro atoms. The highest BCUT2D eigenvalue weighted by Gasteiger charge is 2.20. The van der Waals surface area contributed by atoms with Crippen molar-refractivity contribution in [3.05, 3.63) is 187 Å². The molecule has 262 valence electrons. The fourth-order valence-electron chi connectivity index (χ4n) is 5.99. The van der Waals surface area contributed by atoms with E-state index in [2.05, 4.69) is 15.0 Å². The van der Waals surface area contributed by atoms with E-state index in [4.69, 9.17) is 26.0 Å². The van der Waals surface area contributed by atoms with Crippen molar-refractivity contribution < 1.29 is 42.5 Å². The van der Waals surface area contributed by atoms with Crippen molar-refractivity contribution in [2.45, 2.75) is 0 Å². The maximum absolute atomic E-state index is 10.2. The normalized spacial score (nSPS) is 19.3. The Hall–Kier alpha value is -6.79. The lowest BCUT2D eigenvalue weighted by Crippen LogP contribution is -2.00. The van der Waals surface area contributed by atoms with Crippen LogP contribution in [0.2, 0.25) is 0 Å². The molecule has 0 saturated carbocycles. The standard InChI is InChI=1S/C51H31N3S2/c1-4-14-32(15-5-1)33-26-28-34(29-27-33)42-30-37(31-45-47(42)39-20-10-11-24-43(39)55-45)38-21-13-25-44-46(38)40-22-12-23-41(48(40)56-44)51-53-49(35-16-6-2-7-17-35)52-50(54-51)36-18-8-3-9-19-36/h1-31H/i1D,2D,3D,4D,5D,6D,7D,8D,9D,10D,11D,12D,13D,14D,15D,16D,17D,18D,19D,20D,21D,22D,23D,24D,25D,26D,27D,28D,29D,30D,31D. The Balaban J connectivity index is 1.32. The van der Waals surface area contributed by atoms with Crippen LogP contribution in [0, 0.1) is 0 Å². The lowest BCUT2D eigenvalue weighted by Gasteiger charge is -2.12. The molecular weight excluding hydrogens is 719 g/mol. The van der Waals surface area contributed by atoms with Gasteiger partial charge in [-0.25, -0.2) is 15.0 Å². The molecule has 0 unspecified atom stereocenters. The van der Waals surface area contributed by atoms with Crippen molar-refractivity contribution in [2.24, 2.45) is 0 Å². The quantitative estimate of drug-likeness (QED) is 0.169. The molecule has 3 nitrogen and oxygen atoms in total. The number of benzene rings is 8. The van der Waals surface area contributed by atoms with Crippen LogP contribution in [0.3, 0.4) is 0 Å². The van der Waals surface area contributed by atoms with Gasteiger partial charge in [-0.3, -0.25) is 0 Å². The van der Waals surface area contributed by atoms with Crippen LogP contribution in [-0.4, -0.2) is 15.0 Å². The van der Waals surface area contributed by atoms with Crippen molar-refractivity contribution in [1.29, 1.82) is 0 Å². The summed E-state index contributed by atoms with van der Waals surface area (Å²) in [7, 11) is 0. The van der Waals surface area contributed by atoms with Crippen molar-refractivity contribution in [2.75, 3.05) is 0 Å². The summed E-state index contributed by atoms with van der Waals surface area (Å²) in [6, 6.07) is -27.1. The van der Waals surface area contributed by atoms with Gasteiger partial charge in [-0.2, -0.15) is 0 Å². The SMILES string of the molecule is [2H]c1c([2H])c([2H])c(-c2nc(-c3c([2H])c([2H])c([2H])c([2H])c3[2H])nc(-c3c([2H])c([2H])c([2H])c4c3sc3c([2H])c([2H])c([2H])c(-c5c([2H])c(-c6c([2H])c([2H])c(-c7c([2H])c([2H])c([2H])c([2H])c7[2H])c([2H])c6[2H])c6c(sc7c([2H])c([2H])c([2H])c([2H])c76)c5[2H])c34)n2)c([2H])c1[2H]. The first kappa shape index (κ1) is 14.1. The van der Waals surface area contributed by atoms with E-state index < -0.39 is 271 Å². The number of nitrogens with zero attached hydrogens (tertiary/aromatic N) is 3. The number of rotatable bonds is 6. The van der Waals surface area contributed by atoms with Gasteiger partial charge in [0.15, 0.2) is 17.5 Å². The van der Waals surface area contributed by atoms with E-state index in [0.29, 0.717) is 22.7 Å². The van der Waals surface area contributed by atoms with Gasteiger partial charge in [0.2, 0.25) is 0 Å². The Morgan fingerprint density at radius 1 is 0.321 bits per heavy atom. The highest BCUT2D eigenvalue weighted by Crippen LogP contribution is 2.47. The first-order valence-corrected chi connectivity index (χ1v) is 17.8. The maximum Gasteiger partial charge on any atom is 0.165 e. The minimum absolute atomic E-state index is 0.239. The van der Waals surface area contributed by atoms with E-state index in [1.54, 1.807) is 0 Å². The zero-order chi connectivity index (χ0) is 64.0. The Labute approximate surface area is 375 Å². The largest absolute Gasteiger partial charge is 0.208 e. The molecule has 3 aromatic heterocycles. The van der Waals surface area contributed by atoms with Crippen LogP contribution in [0.4, 0.5) is 0 Å². The first-order valence-electron chi connectivity index (χ1n) is 31.7. The second kappa shape index (κ2) is 13.5. The van der Waals surface area contributed by atoms with E-state index in [1.165, 1.54) is 0 Å². The number of hydrogen-bond donors (Lipinski definition) is 0. The molecule has 11 aromatic rings. The summed E-state index contributed by atoms with van der Waals surface area (Å²) in [5.41, 5.74) is -6.27. The third-order valence-corrected chi connectivity index (χ3v) is 10.5. The van der Waals surface area contributed by atoms with Gasteiger partial charge in [0.25, 0.3) is 0 Å². The van der Waals surface area contributed by atoms with Crippen LogP contribution in [0.25, 0.3) is 108 Å². The number of fused-ring (bicyclic) bond motifs is 6. The van der Waals surface area contributed by atoms with Crippen molar-refractivity contribution in [3.8, 4) is 67.5 Å². The molecule has 0 aliphatic carbocycles. The molecule has 3 heterocycles. The van der Waals surface area contributed by atoms with Gasteiger partial charge in [0, 0.05) is 57.0 Å². The third kappa shape index (κ3) is 5.60. The van der Waals surface area contributed by atoms with Crippen LogP contribution in [0.15, 0.2) is 187 Å². The summed E-state index contributed by atoms with van der Waals surface area (Å²) in [4.78, 5) is 13.1. The lowest BCUT2D eigenvalue weighted by molar-refractivity contribution is 1.08. The minimum Gasteiger partial charge on any atom is -0.208 e. The van der Waals surface area contributed by atoms with E-state index >= 15 is 0 Å². The number of hydrogen-bond acceptors (Lipinski definition) is 5. The van der Waals surface area contributed by atoms with Crippen LogP contribution < -0.4 is 0 Å². The van der Waals surface area contributed by atoms with Gasteiger partial charge in [0.1, 0.15) is 0 Å². The van der Waals surface area contributed by atoms with Gasteiger partial charge < -0.3 is 0 Å². The third-order valence-electron chi connectivity index (χ3n) is 8.38. The Kier molecular flexibility index (Phi) is 3.39. The summed E-state index contributed by atoms with van der Waals surface area (Å²) < 4.78 is 276. The van der Waals surface area contributed by atoms with E-state index in [0.717, 1.165) is 0 Å². The molecule has 0 bridgehead atoms. The first-order chi connectivity index (χ1) is 40.6. The van der Waals surface area contributed by atoms with Gasteiger partial charge in [-0.1, -0.05) is 157 Å². The Bertz CT molecular complexity index is 4870. The Morgan fingerprint density at radius 2 is 0.839 bits per heavy atom. The summed E-state index contributed by atoms with van der Waals surface area (Å²) in [5, 5.41) is -1.64. The monoisotopic (exact) mass is 780 g/mol. The van der Waals surface area contributed by atoms with Crippen LogP contribution in [0.1, 0.15) is 42.5 Å². The fourth-order valence-corrected chi connectivity index (χ4v) is 8.12. The maximum atomic E-state index is 10.2. The summed E-state index contributed by atoms with van der Waals surface area (Å²) in [5.74, 6) is -2.31. The van der Waals surface area contributed by atoms with Crippen LogP contribution in [-0.2, 0) is 0 Å². The van der Waals surface area contributed by atoms with Gasteiger partial charge in [0.05, 0.1) is 42.5 Å². The zero-order valence-electron chi connectivity index (χ0n) is 58.7. The van der Waals surface area contributed by atoms with Crippen molar-refractivity contribution in [1.82, 2.24) is 15.0 Å². The molecule has 0 radical (unpaired) electrons. The molecule has 0 amide bonds. The van der Waals surface area contributed by atoms with Crippen molar-refractivity contribution in [3.63, 3.8) is 0 Å². The highest BCUT2D eigenvalue weighted by molar-refractivity contribution is 7.26. The van der Waals surface area contributed by atoms with Crippen LogP contribution >= 0.6 is 22.7 Å². The lowest BCUT2D eigenvalue weighted by atomic mass is 9.92. The van der Waals surface area contributed by atoms with E-state index in [-0.39, 0.29) is 24.2 Å². The van der Waals surface area contributed by atoms with Gasteiger partial charge in [-0.15, -0.1) is 22.7 Å². The molecular formula is C51H31N3S2. The molecule has 11 rings (SSSR count). The summed E-state index contributed by atoms with van der Waals surface area (Å²) >= 11 is 1.09. The average molecular weight is 781 g/mol. The minimum atomic E-state index is -1.03. The summed E-state index contributed by atoms with van der Waals surface area (Å²) in [6.45, 7) is 0. The second-order valence-electron chi connectivity index (χ2n) is 11.6. The molecule has 0 atom stereocenters. The van der Waals surface area contributed by atoms with E-state index in [1.807, 2.05) is 0 Å². The molecule has 5 heteroatoms.